The lowest BCUT2D eigenvalue weighted by Gasteiger charge is -2.33. The molecule has 156 valence electrons. The first-order valence-electron chi connectivity index (χ1n) is 10.2. The van der Waals surface area contributed by atoms with Crippen LogP contribution >= 0.6 is 0 Å². The molecule has 2 aliphatic heterocycles. The molecule has 0 saturated carbocycles. The molecule has 0 atom stereocenters. The molecule has 0 spiro atoms. The fourth-order valence-corrected chi connectivity index (χ4v) is 4.23. The number of hydrogen-bond donors (Lipinski definition) is 1. The van der Waals surface area contributed by atoms with Crippen LogP contribution in [-0.2, 0) is 4.79 Å². The highest BCUT2D eigenvalue weighted by Gasteiger charge is 2.27. The number of carbonyl (C=O) groups excluding carboxylic acids is 1. The second-order valence-corrected chi connectivity index (χ2v) is 7.72. The van der Waals surface area contributed by atoms with E-state index in [4.69, 9.17) is 19.4 Å². The lowest BCUT2D eigenvalue weighted by atomic mass is 9.94. The fourth-order valence-electron chi connectivity index (χ4n) is 4.23. The van der Waals surface area contributed by atoms with Gasteiger partial charge >= 0.3 is 0 Å². The lowest BCUT2D eigenvalue weighted by Crippen LogP contribution is -2.35. The van der Waals surface area contributed by atoms with Gasteiger partial charge < -0.3 is 24.4 Å². The van der Waals surface area contributed by atoms with Crippen molar-refractivity contribution in [3.8, 4) is 11.5 Å². The topological polar surface area (TPSA) is 88.0 Å². The van der Waals surface area contributed by atoms with Gasteiger partial charge in [0.25, 0.3) is 0 Å². The molecule has 0 aliphatic carbocycles. The largest absolute Gasteiger partial charge is 0.493 e. The van der Waals surface area contributed by atoms with Crippen LogP contribution in [0.5, 0.6) is 11.5 Å². The second-order valence-electron chi connectivity index (χ2n) is 7.72. The van der Waals surface area contributed by atoms with Crippen LogP contribution in [0.2, 0.25) is 0 Å². The maximum atomic E-state index is 11.8. The number of rotatable bonds is 6. The maximum absolute atomic E-state index is 11.8. The predicted molar refractivity (Wildman–Crippen MR) is 111 cm³/mol. The minimum atomic E-state index is 0.215. The van der Waals surface area contributed by atoms with E-state index in [0.29, 0.717) is 42.9 Å². The molecular formula is C21H28N4O4. The molecule has 0 radical (unpaired) electrons. The molecule has 0 unspecified atom stereocenters. The summed E-state index contributed by atoms with van der Waals surface area (Å²) in [5.41, 5.74) is 0.777. The van der Waals surface area contributed by atoms with E-state index in [0.717, 1.165) is 49.1 Å². The smallest absolute Gasteiger partial charge is 0.228 e. The van der Waals surface area contributed by atoms with Crippen molar-refractivity contribution in [3.05, 3.63) is 12.1 Å². The van der Waals surface area contributed by atoms with E-state index in [1.807, 2.05) is 17.0 Å². The maximum Gasteiger partial charge on any atom is 0.228 e. The van der Waals surface area contributed by atoms with Crippen LogP contribution in [0, 0.1) is 5.92 Å². The van der Waals surface area contributed by atoms with Crippen LogP contribution in [0.4, 0.5) is 11.8 Å². The molecule has 2 aromatic rings. The zero-order chi connectivity index (χ0) is 20.4. The zero-order valence-corrected chi connectivity index (χ0v) is 17.1. The Kier molecular flexibility index (Phi) is 5.71. The standard InChI is InChI=1S/C21H28N4O4/c1-28-18-11-16-17(12-19(18)29-2)22-21(25-9-5-15(27)13-25)23-20(16)24-7-3-14(4-8-24)6-10-26/h11-12,14,26H,3-10,13H2,1-2H3. The van der Waals surface area contributed by atoms with Gasteiger partial charge in [-0.3, -0.25) is 4.79 Å². The minimum absolute atomic E-state index is 0.215. The summed E-state index contributed by atoms with van der Waals surface area (Å²) < 4.78 is 11.0. The number of carbonyl (C=O) groups is 1. The average molecular weight is 400 g/mol. The third kappa shape index (κ3) is 3.94. The Hall–Kier alpha value is -2.61. The van der Waals surface area contributed by atoms with Crippen molar-refractivity contribution in [1.82, 2.24) is 9.97 Å². The Balaban J connectivity index is 1.76. The predicted octanol–water partition coefficient (Wildman–Crippen LogP) is 2.02. The molecule has 4 rings (SSSR count). The Morgan fingerprint density at radius 1 is 1.07 bits per heavy atom. The molecule has 1 aromatic heterocycles. The summed E-state index contributed by atoms with van der Waals surface area (Å²) in [6.45, 7) is 3.00. The van der Waals surface area contributed by atoms with Gasteiger partial charge in [0, 0.05) is 44.1 Å². The number of piperidine rings is 1. The SMILES string of the molecule is COc1cc2nc(N3CCC(=O)C3)nc(N3CCC(CCO)CC3)c2cc1OC. The number of fused-ring (bicyclic) bond motifs is 1. The first-order chi connectivity index (χ1) is 14.1. The Labute approximate surface area is 170 Å². The molecular weight excluding hydrogens is 372 g/mol. The summed E-state index contributed by atoms with van der Waals surface area (Å²) in [6.07, 6.45) is 3.44. The molecule has 3 heterocycles. The molecule has 0 amide bonds. The molecule has 2 saturated heterocycles. The van der Waals surface area contributed by atoms with Gasteiger partial charge in [0.2, 0.25) is 5.95 Å². The van der Waals surface area contributed by atoms with Crippen LogP contribution in [0.25, 0.3) is 10.9 Å². The van der Waals surface area contributed by atoms with Crippen molar-refractivity contribution in [2.45, 2.75) is 25.7 Å². The molecule has 1 aromatic carbocycles. The van der Waals surface area contributed by atoms with E-state index >= 15 is 0 Å². The number of anilines is 2. The van der Waals surface area contributed by atoms with E-state index in [1.54, 1.807) is 14.2 Å². The summed E-state index contributed by atoms with van der Waals surface area (Å²) in [4.78, 5) is 25.7. The van der Waals surface area contributed by atoms with Gasteiger partial charge in [-0.1, -0.05) is 0 Å². The van der Waals surface area contributed by atoms with E-state index in [9.17, 15) is 9.90 Å². The number of aromatic nitrogens is 2. The first kappa shape index (κ1) is 19.7. The Bertz CT molecular complexity index is 896. The Morgan fingerprint density at radius 3 is 2.41 bits per heavy atom. The van der Waals surface area contributed by atoms with E-state index in [2.05, 4.69) is 4.90 Å². The number of methoxy groups -OCH3 is 2. The van der Waals surface area contributed by atoms with Gasteiger partial charge in [0.15, 0.2) is 17.3 Å². The lowest BCUT2D eigenvalue weighted by molar-refractivity contribution is -0.116. The second kappa shape index (κ2) is 8.41. The summed E-state index contributed by atoms with van der Waals surface area (Å²) in [6, 6.07) is 3.81. The Morgan fingerprint density at radius 2 is 1.79 bits per heavy atom. The molecule has 1 N–H and O–H groups in total. The van der Waals surface area contributed by atoms with Crippen LogP contribution in [0.3, 0.4) is 0 Å². The van der Waals surface area contributed by atoms with Gasteiger partial charge in [-0.25, -0.2) is 4.98 Å². The van der Waals surface area contributed by atoms with Gasteiger partial charge in [-0.2, -0.15) is 4.98 Å². The summed E-state index contributed by atoms with van der Waals surface area (Å²) in [5.74, 6) is 3.48. The third-order valence-corrected chi connectivity index (χ3v) is 5.93. The van der Waals surface area contributed by atoms with Crippen molar-refractivity contribution >= 4 is 28.5 Å². The van der Waals surface area contributed by atoms with Crippen molar-refractivity contribution in [2.75, 3.05) is 56.8 Å². The van der Waals surface area contributed by atoms with Crippen molar-refractivity contribution in [3.63, 3.8) is 0 Å². The monoisotopic (exact) mass is 400 g/mol. The molecule has 8 heteroatoms. The van der Waals surface area contributed by atoms with E-state index < -0.39 is 0 Å². The number of hydrogen-bond acceptors (Lipinski definition) is 8. The summed E-state index contributed by atoms with van der Waals surface area (Å²) in [5, 5.41) is 10.2. The molecule has 2 aliphatic rings. The number of Topliss-reactive ketones (excluding diaryl/α,β-unsaturated/α-hetero) is 1. The number of ketones is 1. The normalized spacial score (nSPS) is 18.0. The third-order valence-electron chi connectivity index (χ3n) is 5.93. The highest BCUT2D eigenvalue weighted by Crippen LogP contribution is 2.37. The number of ether oxygens (including phenoxy) is 2. The van der Waals surface area contributed by atoms with Crippen molar-refractivity contribution < 1.29 is 19.4 Å². The number of nitrogens with zero attached hydrogens (tertiary/aromatic N) is 4. The molecule has 0 bridgehead atoms. The number of benzene rings is 1. The fraction of sp³-hybridized carbons (Fsp3) is 0.571. The van der Waals surface area contributed by atoms with Crippen LogP contribution in [0.1, 0.15) is 25.7 Å². The van der Waals surface area contributed by atoms with Crippen LogP contribution in [-0.4, -0.2) is 67.9 Å². The van der Waals surface area contributed by atoms with Gasteiger partial charge in [0.05, 0.1) is 26.3 Å². The molecule has 8 nitrogen and oxygen atoms in total. The number of aliphatic hydroxyl groups is 1. The minimum Gasteiger partial charge on any atom is -0.493 e. The van der Waals surface area contributed by atoms with Gasteiger partial charge in [-0.15, -0.1) is 0 Å². The number of aliphatic hydroxyl groups excluding tert-OH is 1. The van der Waals surface area contributed by atoms with Crippen LogP contribution < -0.4 is 19.3 Å². The highest BCUT2D eigenvalue weighted by atomic mass is 16.5. The van der Waals surface area contributed by atoms with Crippen molar-refractivity contribution in [2.24, 2.45) is 5.92 Å². The summed E-state index contributed by atoms with van der Waals surface area (Å²) in [7, 11) is 3.23. The van der Waals surface area contributed by atoms with E-state index in [-0.39, 0.29) is 12.4 Å². The molecule has 2 fully saturated rings. The van der Waals surface area contributed by atoms with E-state index in [1.165, 1.54) is 0 Å². The molecule has 29 heavy (non-hydrogen) atoms. The summed E-state index contributed by atoms with van der Waals surface area (Å²) >= 11 is 0. The highest BCUT2D eigenvalue weighted by molar-refractivity contribution is 5.94. The first-order valence-corrected chi connectivity index (χ1v) is 10.2. The van der Waals surface area contributed by atoms with Crippen LogP contribution in [0.15, 0.2) is 12.1 Å². The average Bonchev–Trinajstić information content (AvgIpc) is 3.19. The quantitative estimate of drug-likeness (QED) is 0.788. The van der Waals surface area contributed by atoms with Gasteiger partial charge in [-0.05, 0) is 31.2 Å². The van der Waals surface area contributed by atoms with Gasteiger partial charge in [0.1, 0.15) is 5.82 Å². The van der Waals surface area contributed by atoms with Crippen molar-refractivity contribution in [1.29, 1.82) is 0 Å². The zero-order valence-electron chi connectivity index (χ0n) is 17.1.